The van der Waals surface area contributed by atoms with Crippen LogP contribution in [0.1, 0.15) is 21.7 Å². The van der Waals surface area contributed by atoms with Crippen LogP contribution in [0.4, 0.5) is 18.9 Å². The predicted octanol–water partition coefficient (Wildman–Crippen LogP) is 2.28. The van der Waals surface area contributed by atoms with E-state index in [9.17, 15) is 18.0 Å². The first-order chi connectivity index (χ1) is 12.3. The Kier molecular flexibility index (Phi) is 4.92. The summed E-state index contributed by atoms with van der Waals surface area (Å²) >= 11 is 0. The maximum atomic E-state index is 12.4. The zero-order chi connectivity index (χ0) is 18.8. The molecule has 3 rings (SSSR count). The molecule has 0 radical (unpaired) electrons. The highest BCUT2D eigenvalue weighted by molar-refractivity contribution is 6.03. The third-order valence-electron chi connectivity index (χ3n) is 4.23. The van der Waals surface area contributed by atoms with E-state index in [2.05, 4.69) is 20.6 Å². The van der Waals surface area contributed by atoms with Gasteiger partial charge in [-0.05, 0) is 17.7 Å². The first kappa shape index (κ1) is 18.3. The summed E-state index contributed by atoms with van der Waals surface area (Å²) in [5.41, 5.74) is 1.34. The minimum absolute atomic E-state index is 0.0547. The molecule has 2 N–H and O–H groups in total. The van der Waals surface area contributed by atoms with Crippen LogP contribution in [-0.4, -0.2) is 41.7 Å². The van der Waals surface area contributed by atoms with Crippen LogP contribution < -0.4 is 10.6 Å². The zero-order valence-electron chi connectivity index (χ0n) is 13.9. The van der Waals surface area contributed by atoms with Gasteiger partial charge in [0.1, 0.15) is 0 Å². The number of ether oxygens (including phenoxy) is 1. The van der Waals surface area contributed by atoms with Crippen molar-refractivity contribution in [3.63, 3.8) is 0 Å². The highest BCUT2D eigenvalue weighted by atomic mass is 19.4. The Bertz CT molecular complexity index is 767. The second kappa shape index (κ2) is 7.00. The molecule has 0 aliphatic carbocycles. The normalized spacial score (nSPS) is 16.0. The minimum atomic E-state index is -4.64. The van der Waals surface area contributed by atoms with Crippen LogP contribution in [0.3, 0.4) is 0 Å². The van der Waals surface area contributed by atoms with Gasteiger partial charge < -0.3 is 15.4 Å². The standard InChI is InChI=1S/C17H17F3N4O2/c1-26-16(9-21-10-16)6-11-2-4-13(5-3-11)24-14(25)12-7-22-15(23-8-12)17(18,19)20/h2-5,7-8,21H,6,9-10H2,1H3,(H,24,25). The fourth-order valence-corrected chi connectivity index (χ4v) is 2.62. The van der Waals surface area contributed by atoms with Gasteiger partial charge in [0.25, 0.3) is 5.91 Å². The lowest BCUT2D eigenvalue weighted by Gasteiger charge is -2.41. The third-order valence-corrected chi connectivity index (χ3v) is 4.23. The number of carbonyl (C=O) groups excluding carboxylic acids is 1. The lowest BCUT2D eigenvalue weighted by atomic mass is 9.89. The Hall–Kier alpha value is -2.52. The third kappa shape index (κ3) is 4.00. The SMILES string of the molecule is COC1(Cc2ccc(NC(=O)c3cnc(C(F)(F)F)nc3)cc2)CNC1. The highest BCUT2D eigenvalue weighted by Crippen LogP contribution is 2.25. The van der Waals surface area contributed by atoms with Crippen LogP contribution in [0.2, 0.25) is 0 Å². The van der Waals surface area contributed by atoms with Crippen LogP contribution in [0.5, 0.6) is 0 Å². The molecule has 0 saturated carbocycles. The quantitative estimate of drug-likeness (QED) is 0.849. The molecule has 26 heavy (non-hydrogen) atoms. The molecule has 1 saturated heterocycles. The Labute approximate surface area is 147 Å². The molecule has 1 fully saturated rings. The van der Waals surface area contributed by atoms with Crippen molar-refractivity contribution in [2.24, 2.45) is 0 Å². The molecule has 1 aromatic carbocycles. The molecule has 0 bridgehead atoms. The summed E-state index contributed by atoms with van der Waals surface area (Å²) in [6.45, 7) is 1.58. The Morgan fingerprint density at radius 3 is 2.31 bits per heavy atom. The van der Waals surface area contributed by atoms with Crippen LogP contribution in [0.15, 0.2) is 36.7 Å². The van der Waals surface area contributed by atoms with Crippen molar-refractivity contribution in [2.75, 3.05) is 25.5 Å². The number of aromatic nitrogens is 2. The molecular weight excluding hydrogens is 349 g/mol. The summed E-state index contributed by atoms with van der Waals surface area (Å²) < 4.78 is 42.9. The van der Waals surface area contributed by atoms with Crippen molar-refractivity contribution in [3.8, 4) is 0 Å². The molecule has 138 valence electrons. The van der Waals surface area contributed by atoms with Gasteiger partial charge in [-0.3, -0.25) is 4.79 Å². The molecule has 2 heterocycles. The fourth-order valence-electron chi connectivity index (χ4n) is 2.62. The van der Waals surface area contributed by atoms with Gasteiger partial charge in [0, 0.05) is 44.7 Å². The second-order valence-electron chi connectivity index (χ2n) is 6.11. The zero-order valence-corrected chi connectivity index (χ0v) is 13.9. The maximum absolute atomic E-state index is 12.4. The molecule has 9 heteroatoms. The second-order valence-corrected chi connectivity index (χ2v) is 6.11. The summed E-state index contributed by atoms with van der Waals surface area (Å²) in [7, 11) is 1.68. The molecular formula is C17H17F3N4O2. The number of methoxy groups -OCH3 is 1. The van der Waals surface area contributed by atoms with Crippen LogP contribution in [-0.2, 0) is 17.3 Å². The van der Waals surface area contributed by atoms with Crippen molar-refractivity contribution in [1.82, 2.24) is 15.3 Å². The number of halogens is 3. The van der Waals surface area contributed by atoms with Gasteiger partial charge in [0.2, 0.25) is 5.82 Å². The van der Waals surface area contributed by atoms with E-state index in [1.807, 2.05) is 12.1 Å². The number of benzene rings is 1. The van der Waals surface area contributed by atoms with Gasteiger partial charge in [-0.15, -0.1) is 0 Å². The first-order valence-electron chi connectivity index (χ1n) is 7.87. The summed E-state index contributed by atoms with van der Waals surface area (Å²) in [4.78, 5) is 18.4. The lowest BCUT2D eigenvalue weighted by Crippen LogP contribution is -2.61. The predicted molar refractivity (Wildman–Crippen MR) is 87.7 cm³/mol. The fraction of sp³-hybridized carbons (Fsp3) is 0.353. The van der Waals surface area contributed by atoms with Gasteiger partial charge in [-0.2, -0.15) is 13.2 Å². The molecule has 1 aliphatic rings. The number of carbonyl (C=O) groups is 1. The molecule has 1 amide bonds. The van der Waals surface area contributed by atoms with Crippen molar-refractivity contribution in [2.45, 2.75) is 18.2 Å². The largest absolute Gasteiger partial charge is 0.451 e. The number of amides is 1. The molecule has 6 nitrogen and oxygen atoms in total. The summed E-state index contributed by atoms with van der Waals surface area (Å²) in [6, 6.07) is 7.21. The maximum Gasteiger partial charge on any atom is 0.451 e. The van der Waals surface area contributed by atoms with Gasteiger partial charge >= 0.3 is 6.18 Å². The van der Waals surface area contributed by atoms with Crippen LogP contribution in [0, 0.1) is 0 Å². The van der Waals surface area contributed by atoms with Gasteiger partial charge in [0.15, 0.2) is 0 Å². The topological polar surface area (TPSA) is 76.1 Å². The van der Waals surface area contributed by atoms with Crippen molar-refractivity contribution < 1.29 is 22.7 Å². The average Bonchev–Trinajstić information content (AvgIpc) is 2.59. The summed E-state index contributed by atoms with van der Waals surface area (Å²) in [5.74, 6) is -1.86. The molecule has 0 unspecified atom stereocenters. The number of alkyl halides is 3. The smallest absolute Gasteiger partial charge is 0.375 e. The molecule has 0 spiro atoms. The number of nitrogens with one attached hydrogen (secondary N) is 2. The number of hydrogen-bond acceptors (Lipinski definition) is 5. The van der Waals surface area contributed by atoms with E-state index in [1.54, 1.807) is 19.2 Å². The molecule has 0 atom stereocenters. The number of nitrogens with zero attached hydrogens (tertiary/aromatic N) is 2. The number of hydrogen-bond donors (Lipinski definition) is 2. The first-order valence-corrected chi connectivity index (χ1v) is 7.87. The highest BCUT2D eigenvalue weighted by Gasteiger charge is 2.37. The Morgan fingerprint density at radius 1 is 1.23 bits per heavy atom. The van der Waals surface area contributed by atoms with Crippen LogP contribution >= 0.6 is 0 Å². The molecule has 1 aliphatic heterocycles. The van der Waals surface area contributed by atoms with E-state index >= 15 is 0 Å². The molecule has 1 aromatic heterocycles. The Balaban J connectivity index is 1.62. The minimum Gasteiger partial charge on any atom is -0.375 e. The number of rotatable bonds is 5. The summed E-state index contributed by atoms with van der Waals surface area (Å²) in [5, 5.41) is 5.78. The van der Waals surface area contributed by atoms with Gasteiger partial charge in [-0.25, -0.2) is 9.97 Å². The van der Waals surface area contributed by atoms with E-state index in [-0.39, 0.29) is 11.2 Å². The number of anilines is 1. The van der Waals surface area contributed by atoms with E-state index in [0.29, 0.717) is 5.69 Å². The molecule has 2 aromatic rings. The van der Waals surface area contributed by atoms with E-state index < -0.39 is 17.9 Å². The van der Waals surface area contributed by atoms with Crippen LogP contribution in [0.25, 0.3) is 0 Å². The average molecular weight is 366 g/mol. The van der Waals surface area contributed by atoms with Crippen molar-refractivity contribution in [3.05, 3.63) is 53.6 Å². The van der Waals surface area contributed by atoms with Crippen molar-refractivity contribution >= 4 is 11.6 Å². The van der Waals surface area contributed by atoms with Gasteiger partial charge in [0.05, 0.1) is 11.2 Å². The van der Waals surface area contributed by atoms with Crippen molar-refractivity contribution in [1.29, 1.82) is 0 Å². The van der Waals surface area contributed by atoms with E-state index in [4.69, 9.17) is 4.74 Å². The van der Waals surface area contributed by atoms with E-state index in [0.717, 1.165) is 37.5 Å². The van der Waals surface area contributed by atoms with Gasteiger partial charge in [-0.1, -0.05) is 12.1 Å². The Morgan fingerprint density at radius 2 is 1.85 bits per heavy atom. The lowest BCUT2D eigenvalue weighted by molar-refractivity contribution is -0.145. The summed E-state index contributed by atoms with van der Waals surface area (Å²) in [6.07, 6.45) is -2.19. The monoisotopic (exact) mass is 366 g/mol. The van der Waals surface area contributed by atoms with E-state index in [1.165, 1.54) is 0 Å².